The van der Waals surface area contributed by atoms with Crippen molar-refractivity contribution < 1.29 is 18.1 Å². The molecule has 2 N–H and O–H groups in total. The van der Waals surface area contributed by atoms with E-state index in [4.69, 9.17) is 0 Å². The molecule has 7 nitrogen and oxygen atoms in total. The number of anilines is 4. The monoisotopic (exact) mass is 431 g/mol. The Morgan fingerprint density at radius 3 is 2.26 bits per heavy atom. The lowest BCUT2D eigenvalue weighted by Gasteiger charge is -2.14. The van der Waals surface area contributed by atoms with Crippen LogP contribution in [-0.4, -0.2) is 14.9 Å². The molecule has 0 fully saturated rings. The zero-order chi connectivity index (χ0) is 22.4. The SMILES string of the molecule is CCCCc1ccc(Nc2ncnc(Nc3ccccc3C(F)(F)F)c2[N+](=O)[O-])cc1. The fourth-order valence-corrected chi connectivity index (χ4v) is 2.97. The summed E-state index contributed by atoms with van der Waals surface area (Å²) in [5.41, 5.74) is -0.169. The molecule has 3 aromatic rings. The van der Waals surface area contributed by atoms with E-state index in [1.54, 1.807) is 12.1 Å². The van der Waals surface area contributed by atoms with Gasteiger partial charge in [0.05, 0.1) is 16.2 Å². The van der Waals surface area contributed by atoms with Crippen LogP contribution in [0.5, 0.6) is 0 Å². The topological polar surface area (TPSA) is 93.0 Å². The number of aryl methyl sites for hydroxylation is 1. The second-order valence-corrected chi connectivity index (χ2v) is 6.77. The number of benzene rings is 2. The summed E-state index contributed by atoms with van der Waals surface area (Å²) in [6.45, 7) is 2.10. The molecule has 0 aliphatic rings. The Kier molecular flexibility index (Phi) is 6.68. The summed E-state index contributed by atoms with van der Waals surface area (Å²) in [6.07, 6.45) is -0.536. The zero-order valence-electron chi connectivity index (χ0n) is 16.6. The van der Waals surface area contributed by atoms with Gasteiger partial charge in [-0.25, -0.2) is 9.97 Å². The van der Waals surface area contributed by atoms with Crippen LogP contribution in [0, 0.1) is 10.1 Å². The first kappa shape index (κ1) is 22.0. The fraction of sp³-hybridized carbons (Fsp3) is 0.238. The fourth-order valence-electron chi connectivity index (χ4n) is 2.97. The molecular weight excluding hydrogens is 411 g/mol. The highest BCUT2D eigenvalue weighted by Gasteiger charge is 2.34. The first-order valence-corrected chi connectivity index (χ1v) is 9.58. The van der Waals surface area contributed by atoms with Gasteiger partial charge in [0.1, 0.15) is 6.33 Å². The predicted molar refractivity (Wildman–Crippen MR) is 112 cm³/mol. The molecule has 0 atom stereocenters. The first-order chi connectivity index (χ1) is 14.8. The summed E-state index contributed by atoms with van der Waals surface area (Å²) in [5, 5.41) is 17.0. The van der Waals surface area contributed by atoms with E-state index in [-0.39, 0.29) is 17.3 Å². The van der Waals surface area contributed by atoms with Crippen LogP contribution in [0.1, 0.15) is 30.9 Å². The van der Waals surface area contributed by atoms with Crippen LogP contribution < -0.4 is 10.6 Å². The molecular formula is C21H20F3N5O2. The number of alkyl halides is 3. The van der Waals surface area contributed by atoms with Gasteiger partial charge in [0, 0.05) is 5.69 Å². The molecule has 3 rings (SSSR count). The second-order valence-electron chi connectivity index (χ2n) is 6.77. The average molecular weight is 431 g/mol. The predicted octanol–water partition coefficient (Wildman–Crippen LogP) is 6.23. The van der Waals surface area contributed by atoms with E-state index < -0.39 is 22.4 Å². The van der Waals surface area contributed by atoms with E-state index in [1.165, 1.54) is 18.2 Å². The summed E-state index contributed by atoms with van der Waals surface area (Å²) in [6, 6.07) is 12.0. The lowest BCUT2D eigenvalue weighted by molar-refractivity contribution is -0.383. The van der Waals surface area contributed by atoms with Crippen molar-refractivity contribution >= 4 is 28.7 Å². The van der Waals surface area contributed by atoms with Crippen LogP contribution in [0.4, 0.5) is 41.9 Å². The zero-order valence-corrected chi connectivity index (χ0v) is 16.6. The van der Waals surface area contributed by atoms with Gasteiger partial charge < -0.3 is 10.6 Å². The van der Waals surface area contributed by atoms with Crippen molar-refractivity contribution in [1.82, 2.24) is 9.97 Å². The van der Waals surface area contributed by atoms with Gasteiger partial charge in [0.25, 0.3) is 0 Å². The Morgan fingerprint density at radius 2 is 1.65 bits per heavy atom. The Labute approximate surface area is 176 Å². The molecule has 162 valence electrons. The molecule has 0 radical (unpaired) electrons. The maximum absolute atomic E-state index is 13.3. The minimum Gasteiger partial charge on any atom is -0.334 e. The number of nitro groups is 1. The van der Waals surface area contributed by atoms with Crippen LogP contribution in [0.15, 0.2) is 54.9 Å². The van der Waals surface area contributed by atoms with Crippen molar-refractivity contribution in [2.75, 3.05) is 10.6 Å². The van der Waals surface area contributed by atoms with Crippen molar-refractivity contribution in [3.63, 3.8) is 0 Å². The van der Waals surface area contributed by atoms with Gasteiger partial charge in [-0.15, -0.1) is 0 Å². The molecule has 1 heterocycles. The summed E-state index contributed by atoms with van der Waals surface area (Å²) in [5.74, 6) is -0.480. The largest absolute Gasteiger partial charge is 0.418 e. The molecule has 1 aromatic heterocycles. The average Bonchev–Trinajstić information content (AvgIpc) is 2.73. The van der Waals surface area contributed by atoms with Crippen LogP contribution in [0.2, 0.25) is 0 Å². The molecule has 0 aliphatic heterocycles. The Hall–Kier alpha value is -3.69. The molecule has 0 spiro atoms. The number of para-hydroxylation sites is 1. The van der Waals surface area contributed by atoms with Crippen LogP contribution >= 0.6 is 0 Å². The molecule has 0 amide bonds. The highest BCUT2D eigenvalue weighted by molar-refractivity contribution is 5.77. The van der Waals surface area contributed by atoms with Gasteiger partial charge in [-0.1, -0.05) is 37.6 Å². The van der Waals surface area contributed by atoms with Crippen LogP contribution in [0.3, 0.4) is 0 Å². The van der Waals surface area contributed by atoms with E-state index in [2.05, 4.69) is 27.5 Å². The van der Waals surface area contributed by atoms with Crippen LogP contribution in [-0.2, 0) is 12.6 Å². The summed E-state index contributed by atoms with van der Waals surface area (Å²) >= 11 is 0. The molecule has 0 aliphatic carbocycles. The molecule has 2 aromatic carbocycles. The number of aromatic nitrogens is 2. The van der Waals surface area contributed by atoms with E-state index in [0.717, 1.165) is 37.2 Å². The maximum Gasteiger partial charge on any atom is 0.418 e. The standard InChI is InChI=1S/C21H20F3N5O2/c1-2-3-6-14-9-11-15(12-10-14)27-19-18(29(30)31)20(26-13-25-19)28-17-8-5-4-7-16(17)21(22,23)24/h4-5,7-13H,2-3,6H2,1H3,(H2,25,26,27,28). The molecule has 0 bridgehead atoms. The lowest BCUT2D eigenvalue weighted by atomic mass is 10.1. The number of unbranched alkanes of at least 4 members (excludes halogenated alkanes) is 1. The first-order valence-electron chi connectivity index (χ1n) is 9.58. The molecule has 0 saturated carbocycles. The van der Waals surface area contributed by atoms with Crippen LogP contribution in [0.25, 0.3) is 0 Å². The Morgan fingerprint density at radius 1 is 1.00 bits per heavy atom. The summed E-state index contributed by atoms with van der Waals surface area (Å²) in [4.78, 5) is 18.7. The number of rotatable bonds is 8. The van der Waals surface area contributed by atoms with Gasteiger partial charge in [-0.2, -0.15) is 13.2 Å². The van der Waals surface area contributed by atoms with Crippen molar-refractivity contribution in [2.24, 2.45) is 0 Å². The highest BCUT2D eigenvalue weighted by atomic mass is 19.4. The number of hydrogen-bond donors (Lipinski definition) is 2. The smallest absolute Gasteiger partial charge is 0.334 e. The Balaban J connectivity index is 1.91. The Bertz CT molecular complexity index is 1060. The number of hydrogen-bond acceptors (Lipinski definition) is 6. The molecule has 0 saturated heterocycles. The van der Waals surface area contributed by atoms with Gasteiger partial charge in [0.15, 0.2) is 0 Å². The third kappa shape index (κ3) is 5.47. The molecule has 31 heavy (non-hydrogen) atoms. The molecule has 10 heteroatoms. The van der Waals surface area contributed by atoms with Gasteiger partial charge in [0.2, 0.25) is 11.6 Å². The van der Waals surface area contributed by atoms with Crippen molar-refractivity contribution in [3.05, 3.63) is 76.1 Å². The quantitative estimate of drug-likeness (QED) is 0.324. The number of nitrogens with one attached hydrogen (secondary N) is 2. The maximum atomic E-state index is 13.3. The lowest BCUT2D eigenvalue weighted by Crippen LogP contribution is -2.10. The number of nitrogens with zero attached hydrogens (tertiary/aromatic N) is 3. The van der Waals surface area contributed by atoms with Crippen molar-refractivity contribution in [3.8, 4) is 0 Å². The van der Waals surface area contributed by atoms with Crippen molar-refractivity contribution in [1.29, 1.82) is 0 Å². The minimum atomic E-state index is -4.63. The number of halogens is 3. The summed E-state index contributed by atoms with van der Waals surface area (Å²) < 4.78 is 39.8. The highest BCUT2D eigenvalue weighted by Crippen LogP contribution is 2.38. The van der Waals surface area contributed by atoms with E-state index in [9.17, 15) is 23.3 Å². The van der Waals surface area contributed by atoms with Gasteiger partial charge in [-0.3, -0.25) is 10.1 Å². The molecule has 0 unspecified atom stereocenters. The summed E-state index contributed by atoms with van der Waals surface area (Å²) in [7, 11) is 0. The second kappa shape index (κ2) is 9.41. The van der Waals surface area contributed by atoms with E-state index in [0.29, 0.717) is 5.69 Å². The van der Waals surface area contributed by atoms with Crippen molar-refractivity contribution in [2.45, 2.75) is 32.4 Å². The van der Waals surface area contributed by atoms with E-state index in [1.807, 2.05) is 12.1 Å². The normalized spacial score (nSPS) is 11.2. The minimum absolute atomic E-state index is 0.131. The van der Waals surface area contributed by atoms with Gasteiger partial charge >= 0.3 is 11.9 Å². The third-order valence-electron chi connectivity index (χ3n) is 4.53. The van der Waals surface area contributed by atoms with Gasteiger partial charge in [-0.05, 0) is 42.7 Å². The third-order valence-corrected chi connectivity index (χ3v) is 4.53. The van der Waals surface area contributed by atoms with E-state index >= 15 is 0 Å².